The number of anilines is 1. The van der Waals surface area contributed by atoms with Crippen molar-refractivity contribution < 1.29 is 18.4 Å². The fourth-order valence-electron chi connectivity index (χ4n) is 3.80. The van der Waals surface area contributed by atoms with Gasteiger partial charge in [0.25, 0.3) is 5.91 Å². The maximum absolute atomic E-state index is 13.8. The second-order valence-corrected chi connectivity index (χ2v) is 7.12. The van der Waals surface area contributed by atoms with Crippen LogP contribution in [0.15, 0.2) is 18.2 Å². The van der Waals surface area contributed by atoms with Gasteiger partial charge in [0.1, 0.15) is 11.6 Å². The third kappa shape index (κ3) is 3.32. The van der Waals surface area contributed by atoms with Crippen LogP contribution in [0.3, 0.4) is 0 Å². The zero-order chi connectivity index (χ0) is 19.8. The van der Waals surface area contributed by atoms with E-state index in [2.05, 4.69) is 10.4 Å². The van der Waals surface area contributed by atoms with Gasteiger partial charge in [0, 0.05) is 50.4 Å². The van der Waals surface area contributed by atoms with Crippen LogP contribution in [0.2, 0.25) is 0 Å². The lowest BCUT2D eigenvalue weighted by atomic mass is 10.0. The van der Waals surface area contributed by atoms with E-state index < -0.39 is 17.7 Å². The van der Waals surface area contributed by atoms with Crippen molar-refractivity contribution in [3.05, 3.63) is 46.8 Å². The molecule has 0 atom stereocenters. The van der Waals surface area contributed by atoms with Gasteiger partial charge in [-0.15, -0.1) is 0 Å². The molecule has 0 aliphatic carbocycles. The Labute approximate surface area is 160 Å². The highest BCUT2D eigenvalue weighted by atomic mass is 19.1. The van der Waals surface area contributed by atoms with Crippen molar-refractivity contribution in [2.75, 3.05) is 25.0 Å². The second kappa shape index (κ2) is 7.21. The van der Waals surface area contributed by atoms with Gasteiger partial charge in [-0.1, -0.05) is 0 Å². The van der Waals surface area contributed by atoms with E-state index in [0.29, 0.717) is 31.7 Å². The van der Waals surface area contributed by atoms with Gasteiger partial charge in [-0.2, -0.15) is 5.10 Å². The second-order valence-electron chi connectivity index (χ2n) is 7.12. The summed E-state index contributed by atoms with van der Waals surface area (Å²) in [5, 5.41) is 6.81. The van der Waals surface area contributed by atoms with Crippen LogP contribution in [0.5, 0.6) is 0 Å². The first kappa shape index (κ1) is 18.4. The molecule has 2 aromatic rings. The molecule has 0 bridgehead atoms. The summed E-state index contributed by atoms with van der Waals surface area (Å²) >= 11 is 0. The SMILES string of the molecule is Cn1nc(C(=O)N2CCCC2)c2c1CCN(C(=O)Nc1cc(F)ccc1F)C2. The lowest BCUT2D eigenvalue weighted by Gasteiger charge is -2.28. The highest BCUT2D eigenvalue weighted by molar-refractivity contribution is 5.95. The summed E-state index contributed by atoms with van der Waals surface area (Å²) in [6.45, 7) is 2.02. The predicted molar refractivity (Wildman–Crippen MR) is 97.8 cm³/mol. The average molecular weight is 389 g/mol. The molecule has 3 heterocycles. The van der Waals surface area contributed by atoms with Crippen molar-refractivity contribution in [1.29, 1.82) is 0 Å². The van der Waals surface area contributed by atoms with E-state index in [0.717, 1.165) is 42.3 Å². The van der Waals surface area contributed by atoms with Gasteiger partial charge in [-0.25, -0.2) is 13.6 Å². The Bertz CT molecular complexity index is 937. The van der Waals surface area contributed by atoms with Crippen molar-refractivity contribution in [3.63, 3.8) is 0 Å². The van der Waals surface area contributed by atoms with Gasteiger partial charge in [0.05, 0.1) is 12.2 Å². The van der Waals surface area contributed by atoms with E-state index in [4.69, 9.17) is 0 Å². The molecule has 0 spiro atoms. The lowest BCUT2D eigenvalue weighted by Crippen LogP contribution is -2.40. The normalized spacial score (nSPS) is 16.2. The summed E-state index contributed by atoms with van der Waals surface area (Å²) in [4.78, 5) is 28.7. The molecule has 1 aromatic heterocycles. The number of halogens is 2. The zero-order valence-corrected chi connectivity index (χ0v) is 15.5. The number of likely N-dealkylation sites (tertiary alicyclic amines) is 1. The first-order valence-electron chi connectivity index (χ1n) is 9.29. The molecule has 1 N–H and O–H groups in total. The number of amides is 3. The molecule has 9 heteroatoms. The van der Waals surface area contributed by atoms with E-state index in [1.54, 1.807) is 16.6 Å². The van der Waals surface area contributed by atoms with Crippen LogP contribution in [0.1, 0.15) is 34.6 Å². The van der Waals surface area contributed by atoms with Crippen molar-refractivity contribution in [3.8, 4) is 0 Å². The number of carbonyl (C=O) groups excluding carboxylic acids is 2. The topological polar surface area (TPSA) is 70.5 Å². The number of fused-ring (bicyclic) bond motifs is 1. The van der Waals surface area contributed by atoms with Crippen LogP contribution in [0.4, 0.5) is 19.3 Å². The summed E-state index contributed by atoms with van der Waals surface area (Å²) in [6, 6.07) is 2.35. The molecule has 28 heavy (non-hydrogen) atoms. The molecule has 0 radical (unpaired) electrons. The first-order chi connectivity index (χ1) is 13.4. The fraction of sp³-hybridized carbons (Fsp3) is 0.421. The maximum Gasteiger partial charge on any atom is 0.322 e. The molecule has 4 rings (SSSR count). The van der Waals surface area contributed by atoms with Gasteiger partial charge in [-0.3, -0.25) is 9.48 Å². The van der Waals surface area contributed by atoms with E-state index in [1.807, 2.05) is 0 Å². The summed E-state index contributed by atoms with van der Waals surface area (Å²) < 4.78 is 28.9. The van der Waals surface area contributed by atoms with Crippen LogP contribution in [0, 0.1) is 11.6 Å². The number of hydrogen-bond acceptors (Lipinski definition) is 3. The predicted octanol–water partition coefficient (Wildman–Crippen LogP) is 2.52. The summed E-state index contributed by atoms with van der Waals surface area (Å²) in [6.07, 6.45) is 2.49. The molecule has 0 unspecified atom stereocenters. The number of nitrogens with one attached hydrogen (secondary N) is 1. The summed E-state index contributed by atoms with van der Waals surface area (Å²) in [5.41, 5.74) is 1.80. The Hall–Kier alpha value is -2.97. The van der Waals surface area contributed by atoms with Gasteiger partial charge in [-0.05, 0) is 25.0 Å². The van der Waals surface area contributed by atoms with Crippen molar-refractivity contribution >= 4 is 17.6 Å². The van der Waals surface area contributed by atoms with Gasteiger partial charge < -0.3 is 15.1 Å². The minimum atomic E-state index is -0.710. The number of hydrogen-bond donors (Lipinski definition) is 1. The quantitative estimate of drug-likeness (QED) is 0.858. The van der Waals surface area contributed by atoms with Crippen molar-refractivity contribution in [1.82, 2.24) is 19.6 Å². The molecule has 3 amide bonds. The van der Waals surface area contributed by atoms with E-state index >= 15 is 0 Å². The van der Waals surface area contributed by atoms with Gasteiger partial charge in [0.15, 0.2) is 5.69 Å². The largest absolute Gasteiger partial charge is 0.337 e. The highest BCUT2D eigenvalue weighted by Gasteiger charge is 2.32. The molecule has 1 saturated heterocycles. The number of rotatable bonds is 2. The van der Waals surface area contributed by atoms with Crippen LogP contribution in [0.25, 0.3) is 0 Å². The molecule has 1 fully saturated rings. The van der Waals surface area contributed by atoms with Gasteiger partial charge in [0.2, 0.25) is 0 Å². The summed E-state index contributed by atoms with van der Waals surface area (Å²) in [5.74, 6) is -1.46. The number of aromatic nitrogens is 2. The fourth-order valence-corrected chi connectivity index (χ4v) is 3.80. The van der Waals surface area contributed by atoms with E-state index in [-0.39, 0.29) is 18.1 Å². The highest BCUT2D eigenvalue weighted by Crippen LogP contribution is 2.25. The third-order valence-corrected chi connectivity index (χ3v) is 5.30. The molecule has 7 nitrogen and oxygen atoms in total. The van der Waals surface area contributed by atoms with Gasteiger partial charge >= 0.3 is 6.03 Å². The number of benzene rings is 1. The van der Waals surface area contributed by atoms with Crippen molar-refractivity contribution in [2.24, 2.45) is 7.05 Å². The Balaban J connectivity index is 1.54. The van der Waals surface area contributed by atoms with Crippen LogP contribution >= 0.6 is 0 Å². The molecule has 0 saturated carbocycles. The minimum absolute atomic E-state index is 0.118. The molecule has 2 aliphatic heterocycles. The molecular formula is C19H21F2N5O2. The Morgan fingerprint density at radius 1 is 1.11 bits per heavy atom. The summed E-state index contributed by atoms with van der Waals surface area (Å²) in [7, 11) is 1.79. The number of carbonyl (C=O) groups is 2. The lowest BCUT2D eigenvalue weighted by molar-refractivity contribution is 0.0784. The van der Waals surface area contributed by atoms with E-state index in [9.17, 15) is 18.4 Å². The first-order valence-corrected chi connectivity index (χ1v) is 9.29. The molecule has 2 aliphatic rings. The Morgan fingerprint density at radius 2 is 1.86 bits per heavy atom. The van der Waals surface area contributed by atoms with E-state index in [1.165, 1.54) is 4.90 Å². The smallest absolute Gasteiger partial charge is 0.322 e. The zero-order valence-electron chi connectivity index (χ0n) is 15.5. The Kier molecular flexibility index (Phi) is 4.74. The monoisotopic (exact) mass is 389 g/mol. The van der Waals surface area contributed by atoms with Crippen LogP contribution in [-0.2, 0) is 20.0 Å². The molecule has 1 aromatic carbocycles. The molecular weight excluding hydrogens is 368 g/mol. The van der Waals surface area contributed by atoms with Crippen molar-refractivity contribution in [2.45, 2.75) is 25.8 Å². The standard InChI is InChI=1S/C19H21F2N5O2/c1-24-16-6-9-26(19(28)22-15-10-12(20)4-5-14(15)21)11-13(16)17(23-24)18(27)25-7-2-3-8-25/h4-5,10H,2-3,6-9,11H2,1H3,(H,22,28). The molecule has 148 valence electrons. The third-order valence-electron chi connectivity index (χ3n) is 5.30. The minimum Gasteiger partial charge on any atom is -0.337 e. The number of urea groups is 1. The number of nitrogens with zero attached hydrogens (tertiary/aromatic N) is 4. The van der Waals surface area contributed by atoms with Crippen LogP contribution in [-0.4, -0.2) is 51.2 Å². The van der Waals surface area contributed by atoms with Crippen LogP contribution < -0.4 is 5.32 Å². The number of aryl methyl sites for hydroxylation is 1. The average Bonchev–Trinajstić information content (AvgIpc) is 3.32. The Morgan fingerprint density at radius 3 is 2.61 bits per heavy atom. The maximum atomic E-state index is 13.8.